The van der Waals surface area contributed by atoms with Crippen molar-refractivity contribution >= 4 is 5.78 Å². The Hall–Kier alpha value is -1.43. The summed E-state index contributed by atoms with van der Waals surface area (Å²) in [5.41, 5.74) is 1.81. The maximum atomic E-state index is 11.8. The zero-order chi connectivity index (χ0) is 12.2. The number of ether oxygens (including phenoxy) is 1. The Morgan fingerprint density at radius 2 is 2.06 bits per heavy atom. The molecule has 0 fully saturated rings. The van der Waals surface area contributed by atoms with E-state index in [0.29, 0.717) is 17.7 Å². The predicted molar refractivity (Wildman–Crippen MR) is 56.5 cm³/mol. The van der Waals surface area contributed by atoms with Crippen LogP contribution < -0.4 is 0 Å². The summed E-state index contributed by atoms with van der Waals surface area (Å²) < 4.78 is 5.20. The molecule has 1 aromatic carbocycles. The lowest BCUT2D eigenvalue weighted by atomic mass is 9.83. The number of carbonyl (C=O) groups excluding carboxylic acids is 1. The molecule has 0 spiro atoms. The Morgan fingerprint density at radius 3 is 2.82 bits per heavy atom. The molecule has 90 valence electrons. The van der Waals surface area contributed by atoms with Crippen LogP contribution in [0.3, 0.4) is 0 Å². The van der Waals surface area contributed by atoms with Gasteiger partial charge in [-0.3, -0.25) is 4.79 Å². The Kier molecular flexibility index (Phi) is 2.22. The van der Waals surface area contributed by atoms with Gasteiger partial charge in [0.05, 0.1) is 24.9 Å². The van der Waals surface area contributed by atoms with E-state index in [2.05, 4.69) is 0 Å². The maximum absolute atomic E-state index is 11.8. The van der Waals surface area contributed by atoms with Crippen molar-refractivity contribution in [1.82, 2.24) is 0 Å². The first-order valence-corrected chi connectivity index (χ1v) is 5.44. The van der Waals surface area contributed by atoms with Gasteiger partial charge in [0, 0.05) is 12.0 Å². The number of ketones is 1. The van der Waals surface area contributed by atoms with Crippen molar-refractivity contribution in [1.29, 1.82) is 0 Å². The van der Waals surface area contributed by atoms with Crippen molar-refractivity contribution < 1.29 is 24.9 Å². The van der Waals surface area contributed by atoms with E-state index >= 15 is 0 Å². The number of aromatic hydroxyl groups is 1. The van der Waals surface area contributed by atoms with Gasteiger partial charge in [-0.25, -0.2) is 0 Å². The molecule has 0 radical (unpaired) electrons. The lowest BCUT2D eigenvalue weighted by molar-refractivity contribution is 0.00838. The second-order valence-corrected chi connectivity index (χ2v) is 4.46. The summed E-state index contributed by atoms with van der Waals surface area (Å²) in [7, 11) is 0. The molecule has 5 nitrogen and oxygen atoms in total. The monoisotopic (exact) mass is 236 g/mol. The molecule has 0 bridgehead atoms. The van der Waals surface area contributed by atoms with Crippen LogP contribution >= 0.6 is 0 Å². The first-order chi connectivity index (χ1) is 8.09. The molecule has 0 saturated carbocycles. The van der Waals surface area contributed by atoms with Crippen LogP contribution in [0.1, 0.15) is 39.6 Å². The molecule has 0 saturated heterocycles. The second kappa shape index (κ2) is 3.53. The van der Waals surface area contributed by atoms with Crippen LogP contribution in [-0.2, 0) is 18.0 Å². The smallest absolute Gasteiger partial charge is 0.169 e. The zero-order valence-electron chi connectivity index (χ0n) is 9.01. The number of hydrogen-bond donors (Lipinski definition) is 3. The minimum Gasteiger partial charge on any atom is -0.507 e. The highest BCUT2D eigenvalue weighted by Gasteiger charge is 2.36. The number of benzene rings is 1. The number of aliphatic hydroxyl groups excluding tert-OH is 2. The molecule has 17 heavy (non-hydrogen) atoms. The standard InChI is InChI=1S/C12H12O5/c13-8-2-9(14)11(15)6-1-5-3-17-4-7(5)12(16)10(6)8/h1,9,11,14-16H,2-4H2/t9-,11-/m0/s1. The highest BCUT2D eigenvalue weighted by Crippen LogP contribution is 2.41. The largest absolute Gasteiger partial charge is 0.507 e. The molecule has 3 rings (SSSR count). The maximum Gasteiger partial charge on any atom is 0.169 e. The molecule has 1 heterocycles. The fourth-order valence-electron chi connectivity index (χ4n) is 2.48. The number of Topliss-reactive ketones (excluding diaryl/α,β-unsaturated/α-hetero) is 1. The first-order valence-electron chi connectivity index (χ1n) is 5.44. The third kappa shape index (κ3) is 1.40. The lowest BCUT2D eigenvalue weighted by Gasteiger charge is -2.26. The van der Waals surface area contributed by atoms with Crippen molar-refractivity contribution in [2.24, 2.45) is 0 Å². The van der Waals surface area contributed by atoms with Crippen molar-refractivity contribution in [2.45, 2.75) is 31.8 Å². The lowest BCUT2D eigenvalue weighted by Crippen LogP contribution is -2.29. The molecule has 2 atom stereocenters. The van der Waals surface area contributed by atoms with Gasteiger partial charge >= 0.3 is 0 Å². The van der Waals surface area contributed by atoms with E-state index in [9.17, 15) is 20.1 Å². The predicted octanol–water partition coefficient (Wildman–Crippen LogP) is 0.403. The summed E-state index contributed by atoms with van der Waals surface area (Å²) in [6.45, 7) is 0.632. The van der Waals surface area contributed by atoms with E-state index in [1.54, 1.807) is 6.07 Å². The van der Waals surface area contributed by atoms with Crippen molar-refractivity contribution in [2.75, 3.05) is 0 Å². The van der Waals surface area contributed by atoms with Gasteiger partial charge in [-0.1, -0.05) is 0 Å². The van der Waals surface area contributed by atoms with E-state index in [1.165, 1.54) is 0 Å². The molecule has 5 heteroatoms. The molecule has 0 unspecified atom stereocenters. The van der Waals surface area contributed by atoms with Gasteiger partial charge in [-0.05, 0) is 17.2 Å². The third-order valence-corrected chi connectivity index (χ3v) is 3.39. The number of fused-ring (bicyclic) bond motifs is 2. The van der Waals surface area contributed by atoms with Gasteiger partial charge in [0.2, 0.25) is 0 Å². The van der Waals surface area contributed by atoms with Crippen LogP contribution in [0.25, 0.3) is 0 Å². The number of hydrogen-bond acceptors (Lipinski definition) is 5. The van der Waals surface area contributed by atoms with E-state index in [4.69, 9.17) is 4.74 Å². The van der Waals surface area contributed by atoms with Crippen LogP contribution in [-0.4, -0.2) is 27.2 Å². The number of rotatable bonds is 0. The van der Waals surface area contributed by atoms with Crippen LogP contribution in [0.2, 0.25) is 0 Å². The first kappa shape index (κ1) is 10.7. The Labute approximate surface area is 97.3 Å². The zero-order valence-corrected chi connectivity index (χ0v) is 9.01. The van der Waals surface area contributed by atoms with Crippen LogP contribution in [0.15, 0.2) is 6.07 Å². The molecule has 1 aliphatic heterocycles. The summed E-state index contributed by atoms with van der Waals surface area (Å²) in [6.07, 6.45) is -2.39. The van der Waals surface area contributed by atoms with Crippen LogP contribution in [0.5, 0.6) is 5.75 Å². The second-order valence-electron chi connectivity index (χ2n) is 4.46. The van der Waals surface area contributed by atoms with Crippen LogP contribution in [0.4, 0.5) is 0 Å². The minimum atomic E-state index is -1.13. The van der Waals surface area contributed by atoms with Gasteiger partial charge in [0.1, 0.15) is 11.9 Å². The fourth-order valence-corrected chi connectivity index (χ4v) is 2.48. The van der Waals surface area contributed by atoms with Gasteiger partial charge < -0.3 is 20.1 Å². The highest BCUT2D eigenvalue weighted by atomic mass is 16.5. The number of carbonyl (C=O) groups is 1. The SMILES string of the molecule is O=C1C[C@H](O)[C@@H](O)c2cc3c(c(O)c21)COC3. The Balaban J connectivity index is 2.26. The van der Waals surface area contributed by atoms with Gasteiger partial charge in [0.25, 0.3) is 0 Å². The summed E-state index contributed by atoms with van der Waals surface area (Å²) in [5.74, 6) is -0.448. The summed E-state index contributed by atoms with van der Waals surface area (Å²) >= 11 is 0. The number of phenols is 1. The summed E-state index contributed by atoms with van der Waals surface area (Å²) in [4.78, 5) is 11.8. The van der Waals surface area contributed by atoms with Gasteiger partial charge in [0.15, 0.2) is 5.78 Å². The van der Waals surface area contributed by atoms with E-state index in [-0.39, 0.29) is 30.1 Å². The Bertz CT molecular complexity index is 508. The average Bonchev–Trinajstić information content (AvgIpc) is 2.74. The summed E-state index contributed by atoms with van der Waals surface area (Å²) in [5, 5.41) is 29.4. The molecule has 3 N–H and O–H groups in total. The molecular formula is C12H12O5. The Morgan fingerprint density at radius 1 is 1.29 bits per heavy atom. The van der Waals surface area contributed by atoms with E-state index in [1.807, 2.05) is 0 Å². The molecule has 0 amide bonds. The quantitative estimate of drug-likeness (QED) is 0.607. The fraction of sp³-hybridized carbons (Fsp3) is 0.417. The van der Waals surface area contributed by atoms with Gasteiger partial charge in [-0.15, -0.1) is 0 Å². The highest BCUT2D eigenvalue weighted by molar-refractivity contribution is 6.02. The number of aliphatic hydroxyl groups is 2. The molecule has 1 aliphatic carbocycles. The van der Waals surface area contributed by atoms with E-state index in [0.717, 1.165) is 5.56 Å². The topological polar surface area (TPSA) is 87.0 Å². The van der Waals surface area contributed by atoms with E-state index < -0.39 is 12.2 Å². The molecular weight excluding hydrogens is 224 g/mol. The average molecular weight is 236 g/mol. The van der Waals surface area contributed by atoms with Crippen molar-refractivity contribution in [3.63, 3.8) is 0 Å². The molecule has 2 aliphatic rings. The van der Waals surface area contributed by atoms with Crippen LogP contribution in [0, 0.1) is 0 Å². The molecule has 1 aromatic rings. The minimum absolute atomic E-state index is 0.106. The van der Waals surface area contributed by atoms with Gasteiger partial charge in [-0.2, -0.15) is 0 Å². The van der Waals surface area contributed by atoms with Crippen molar-refractivity contribution in [3.8, 4) is 5.75 Å². The number of phenolic OH excluding ortho intramolecular Hbond substituents is 1. The van der Waals surface area contributed by atoms with Crippen molar-refractivity contribution in [3.05, 3.63) is 28.3 Å². The normalized spacial score (nSPS) is 26.8. The summed E-state index contributed by atoms with van der Waals surface area (Å²) in [6, 6.07) is 1.64. The molecule has 0 aromatic heterocycles. The third-order valence-electron chi connectivity index (χ3n) is 3.39.